The Morgan fingerprint density at radius 3 is 2.31 bits per heavy atom. The highest BCUT2D eigenvalue weighted by molar-refractivity contribution is 5.78. The molecule has 2 saturated heterocycles. The Hall–Kier alpha value is -0.610. The van der Waals surface area contributed by atoms with Crippen LogP contribution in [0.15, 0.2) is 0 Å². The fraction of sp³-hybridized carbons (Fsp3) is 0.917. The number of esters is 1. The first-order valence-electron chi connectivity index (χ1n) is 5.87. The number of hydrogen-bond donors (Lipinski definition) is 0. The molecule has 0 saturated carbocycles. The van der Waals surface area contributed by atoms with Gasteiger partial charge in [0.05, 0.1) is 12.7 Å². The normalized spacial score (nSPS) is 28.6. The summed E-state index contributed by atoms with van der Waals surface area (Å²) >= 11 is 0. The molecule has 0 aromatic carbocycles. The highest BCUT2D eigenvalue weighted by atomic mass is 16.6. The molecule has 0 amide bonds. The standard InChI is InChI=1S/C12H20O4/c1-11(2,3)16-10(13)12(9-8-15-9)4-6-14-7-5-12/h9H,4-8H2,1-3H3. The molecular weight excluding hydrogens is 208 g/mol. The SMILES string of the molecule is CC(C)(C)OC(=O)C1(C2CO2)CCOCC1. The molecule has 2 heterocycles. The first-order valence-corrected chi connectivity index (χ1v) is 5.87. The predicted octanol–water partition coefficient (Wildman–Crippen LogP) is 1.52. The van der Waals surface area contributed by atoms with Crippen LogP contribution in [0.5, 0.6) is 0 Å². The number of hydrogen-bond acceptors (Lipinski definition) is 4. The number of rotatable bonds is 2. The zero-order valence-corrected chi connectivity index (χ0v) is 10.2. The first kappa shape index (κ1) is 11.9. The van der Waals surface area contributed by atoms with E-state index in [4.69, 9.17) is 14.2 Å². The quantitative estimate of drug-likeness (QED) is 0.531. The van der Waals surface area contributed by atoms with Gasteiger partial charge < -0.3 is 14.2 Å². The Labute approximate surface area is 96.2 Å². The molecule has 92 valence electrons. The summed E-state index contributed by atoms with van der Waals surface area (Å²) in [6.45, 7) is 7.61. The Balaban J connectivity index is 2.09. The Morgan fingerprint density at radius 2 is 1.88 bits per heavy atom. The first-order chi connectivity index (χ1) is 7.44. The van der Waals surface area contributed by atoms with Gasteiger partial charge in [-0.15, -0.1) is 0 Å². The molecule has 1 atom stereocenters. The lowest BCUT2D eigenvalue weighted by Gasteiger charge is -2.35. The van der Waals surface area contributed by atoms with Gasteiger partial charge in [0.2, 0.25) is 0 Å². The Morgan fingerprint density at radius 1 is 1.31 bits per heavy atom. The fourth-order valence-electron chi connectivity index (χ4n) is 2.14. The van der Waals surface area contributed by atoms with Gasteiger partial charge in [0.1, 0.15) is 11.0 Å². The second-order valence-corrected chi connectivity index (χ2v) is 5.59. The molecule has 0 bridgehead atoms. The van der Waals surface area contributed by atoms with E-state index in [2.05, 4.69) is 0 Å². The lowest BCUT2D eigenvalue weighted by Crippen LogP contribution is -2.45. The van der Waals surface area contributed by atoms with Crippen LogP contribution in [-0.2, 0) is 19.0 Å². The molecule has 16 heavy (non-hydrogen) atoms. The summed E-state index contributed by atoms with van der Waals surface area (Å²) in [4.78, 5) is 12.3. The number of carbonyl (C=O) groups excluding carboxylic acids is 1. The van der Waals surface area contributed by atoms with E-state index in [0.717, 1.165) is 0 Å². The minimum absolute atomic E-state index is 0.0475. The third-order valence-corrected chi connectivity index (χ3v) is 3.14. The van der Waals surface area contributed by atoms with Crippen molar-refractivity contribution >= 4 is 5.97 Å². The second-order valence-electron chi connectivity index (χ2n) is 5.59. The zero-order chi connectivity index (χ0) is 11.8. The minimum atomic E-state index is -0.453. The molecular formula is C12H20O4. The highest BCUT2D eigenvalue weighted by Crippen LogP contribution is 2.43. The summed E-state index contributed by atoms with van der Waals surface area (Å²) in [5.41, 5.74) is -0.886. The van der Waals surface area contributed by atoms with Crippen LogP contribution >= 0.6 is 0 Å². The molecule has 0 aromatic rings. The van der Waals surface area contributed by atoms with Gasteiger partial charge in [-0.25, -0.2) is 0 Å². The van der Waals surface area contributed by atoms with Crippen LogP contribution in [0.2, 0.25) is 0 Å². The van der Waals surface area contributed by atoms with Crippen molar-refractivity contribution in [1.82, 2.24) is 0 Å². The van der Waals surface area contributed by atoms with Gasteiger partial charge in [-0.1, -0.05) is 0 Å². The Kier molecular flexibility index (Phi) is 2.97. The number of carbonyl (C=O) groups is 1. The third-order valence-electron chi connectivity index (χ3n) is 3.14. The average molecular weight is 228 g/mol. The Bertz CT molecular complexity index is 269. The summed E-state index contributed by atoms with van der Waals surface area (Å²) in [6.07, 6.45) is 1.48. The molecule has 2 fully saturated rings. The van der Waals surface area contributed by atoms with Gasteiger partial charge >= 0.3 is 5.97 Å². The van der Waals surface area contributed by atoms with E-state index >= 15 is 0 Å². The maximum Gasteiger partial charge on any atom is 0.315 e. The maximum absolute atomic E-state index is 12.3. The number of ether oxygens (including phenoxy) is 3. The third kappa shape index (κ3) is 2.38. The van der Waals surface area contributed by atoms with Gasteiger partial charge in [-0.3, -0.25) is 4.79 Å². The topological polar surface area (TPSA) is 48.1 Å². The van der Waals surface area contributed by atoms with Crippen molar-refractivity contribution in [1.29, 1.82) is 0 Å². The maximum atomic E-state index is 12.3. The van der Waals surface area contributed by atoms with Crippen LogP contribution in [0.4, 0.5) is 0 Å². The zero-order valence-electron chi connectivity index (χ0n) is 10.2. The lowest BCUT2D eigenvalue weighted by atomic mass is 9.77. The average Bonchev–Trinajstić information content (AvgIpc) is 2.99. The van der Waals surface area contributed by atoms with Crippen molar-refractivity contribution < 1.29 is 19.0 Å². The molecule has 0 aliphatic carbocycles. The number of epoxide rings is 1. The summed E-state index contributed by atoms with van der Waals surface area (Å²) in [5.74, 6) is -0.120. The predicted molar refractivity (Wildman–Crippen MR) is 58.1 cm³/mol. The summed E-state index contributed by atoms with van der Waals surface area (Å²) in [5, 5.41) is 0. The van der Waals surface area contributed by atoms with E-state index in [0.29, 0.717) is 32.7 Å². The smallest absolute Gasteiger partial charge is 0.315 e. The van der Waals surface area contributed by atoms with E-state index in [1.54, 1.807) is 0 Å². The van der Waals surface area contributed by atoms with Crippen molar-refractivity contribution in [2.45, 2.75) is 45.3 Å². The molecule has 4 nitrogen and oxygen atoms in total. The summed E-state index contributed by atoms with van der Waals surface area (Å²) in [6, 6.07) is 0. The molecule has 0 N–H and O–H groups in total. The van der Waals surface area contributed by atoms with Crippen LogP contribution in [-0.4, -0.2) is 37.5 Å². The van der Waals surface area contributed by atoms with E-state index in [1.165, 1.54) is 0 Å². The van der Waals surface area contributed by atoms with Gasteiger partial charge in [-0.05, 0) is 33.6 Å². The summed E-state index contributed by atoms with van der Waals surface area (Å²) < 4.78 is 16.2. The molecule has 2 aliphatic rings. The second kappa shape index (κ2) is 4.00. The van der Waals surface area contributed by atoms with Gasteiger partial charge in [-0.2, -0.15) is 0 Å². The molecule has 2 rings (SSSR count). The van der Waals surface area contributed by atoms with Crippen molar-refractivity contribution in [3.63, 3.8) is 0 Å². The van der Waals surface area contributed by atoms with Gasteiger partial charge in [0.25, 0.3) is 0 Å². The molecule has 0 spiro atoms. The van der Waals surface area contributed by atoms with Crippen LogP contribution < -0.4 is 0 Å². The highest BCUT2D eigenvalue weighted by Gasteiger charge is 2.54. The molecule has 0 radical (unpaired) electrons. The van der Waals surface area contributed by atoms with Crippen LogP contribution in [0.3, 0.4) is 0 Å². The summed E-state index contributed by atoms with van der Waals surface area (Å²) in [7, 11) is 0. The van der Waals surface area contributed by atoms with Crippen molar-refractivity contribution in [3.8, 4) is 0 Å². The van der Waals surface area contributed by atoms with Crippen LogP contribution in [0.25, 0.3) is 0 Å². The molecule has 4 heteroatoms. The molecule has 1 unspecified atom stereocenters. The monoisotopic (exact) mass is 228 g/mol. The van der Waals surface area contributed by atoms with Crippen molar-refractivity contribution in [3.05, 3.63) is 0 Å². The van der Waals surface area contributed by atoms with Crippen LogP contribution in [0, 0.1) is 5.41 Å². The minimum Gasteiger partial charge on any atom is -0.459 e. The lowest BCUT2D eigenvalue weighted by molar-refractivity contribution is -0.175. The van der Waals surface area contributed by atoms with Gasteiger partial charge in [0.15, 0.2) is 0 Å². The molecule has 0 aromatic heterocycles. The molecule has 2 aliphatic heterocycles. The van der Waals surface area contributed by atoms with E-state index in [9.17, 15) is 4.79 Å². The van der Waals surface area contributed by atoms with E-state index in [1.807, 2.05) is 20.8 Å². The van der Waals surface area contributed by atoms with Gasteiger partial charge in [0, 0.05) is 13.2 Å². The van der Waals surface area contributed by atoms with E-state index < -0.39 is 11.0 Å². The van der Waals surface area contributed by atoms with Crippen molar-refractivity contribution in [2.75, 3.05) is 19.8 Å². The largest absolute Gasteiger partial charge is 0.459 e. The van der Waals surface area contributed by atoms with Crippen LogP contribution in [0.1, 0.15) is 33.6 Å². The van der Waals surface area contributed by atoms with E-state index in [-0.39, 0.29) is 12.1 Å². The fourth-order valence-corrected chi connectivity index (χ4v) is 2.14. The van der Waals surface area contributed by atoms with Crippen molar-refractivity contribution in [2.24, 2.45) is 5.41 Å².